The molecule has 3 N–H and O–H groups in total. The zero-order chi connectivity index (χ0) is 27.5. The number of aliphatic hydroxyl groups is 2. The molecule has 2 aromatic carbocycles. The number of hydrogen-bond acceptors (Lipinski definition) is 7. The van der Waals surface area contributed by atoms with Gasteiger partial charge in [0.05, 0.1) is 23.9 Å². The lowest BCUT2D eigenvalue weighted by Gasteiger charge is -2.37. The van der Waals surface area contributed by atoms with Gasteiger partial charge in [-0.2, -0.15) is 13.2 Å². The zero-order valence-corrected chi connectivity index (χ0v) is 20.7. The summed E-state index contributed by atoms with van der Waals surface area (Å²) in [5, 5.41) is 22.8. The molecule has 2 heterocycles. The Morgan fingerprint density at radius 1 is 1.22 bits per heavy atom. The zero-order valence-electron chi connectivity index (χ0n) is 20.7. The number of rotatable bonds is 5. The highest BCUT2D eigenvalue weighted by molar-refractivity contribution is 6.05. The third-order valence-electron chi connectivity index (χ3n) is 6.43. The fourth-order valence-electron chi connectivity index (χ4n) is 4.36. The van der Waals surface area contributed by atoms with E-state index in [0.29, 0.717) is 28.2 Å². The largest absolute Gasteiger partial charge is 0.476 e. The van der Waals surface area contributed by atoms with Crippen LogP contribution >= 0.6 is 0 Å². The van der Waals surface area contributed by atoms with Crippen molar-refractivity contribution in [2.45, 2.75) is 51.1 Å². The number of nitrogens with one attached hydrogen (secondary N) is 1. The molecule has 1 amide bonds. The van der Waals surface area contributed by atoms with E-state index in [2.05, 4.69) is 15.3 Å². The highest BCUT2D eigenvalue weighted by Crippen LogP contribution is 2.43. The first kappa shape index (κ1) is 26.6. The molecule has 0 saturated carbocycles. The average Bonchev–Trinajstić information content (AvgIpc) is 2.80. The molecule has 0 radical (unpaired) electrons. The van der Waals surface area contributed by atoms with E-state index in [1.165, 1.54) is 17.9 Å². The number of aryl methyl sites for hydroxylation is 1. The number of amides is 1. The summed E-state index contributed by atoms with van der Waals surface area (Å²) in [4.78, 5) is 22.9. The lowest BCUT2D eigenvalue weighted by atomic mass is 9.90. The van der Waals surface area contributed by atoms with Gasteiger partial charge in [-0.3, -0.25) is 4.79 Å². The normalized spacial score (nSPS) is 17.7. The number of fused-ring (bicyclic) bond motifs is 2. The topological polar surface area (TPSA) is 108 Å². The minimum atomic E-state index is -5.31. The highest BCUT2D eigenvalue weighted by atomic mass is 19.4. The number of likely N-dealkylation sites (N-methyl/N-ethyl adjacent to an activating group) is 1. The minimum absolute atomic E-state index is 0.187. The van der Waals surface area contributed by atoms with Gasteiger partial charge in [-0.25, -0.2) is 14.4 Å². The SMILES string of the molecule is Cc1nc(N[C@H](C)c2cccc(C(O)(CO)C(F)(F)F)c2F)c2cc3c(cc2n1)OC(C)(C)C(=O)N3C. The third-order valence-corrected chi connectivity index (χ3v) is 6.43. The number of hydrogen-bond donors (Lipinski definition) is 3. The molecule has 8 nitrogen and oxygen atoms in total. The Morgan fingerprint density at radius 2 is 1.89 bits per heavy atom. The Kier molecular flexibility index (Phi) is 6.32. The molecule has 0 saturated heterocycles. The van der Waals surface area contributed by atoms with Crippen molar-refractivity contribution >= 4 is 28.3 Å². The molecule has 198 valence electrons. The molecule has 1 aromatic heterocycles. The van der Waals surface area contributed by atoms with Crippen LogP contribution in [0, 0.1) is 12.7 Å². The predicted molar refractivity (Wildman–Crippen MR) is 128 cm³/mol. The predicted octanol–water partition coefficient (Wildman–Crippen LogP) is 4.13. The number of aliphatic hydroxyl groups excluding tert-OH is 1. The molecular weight excluding hydrogens is 496 g/mol. The summed E-state index contributed by atoms with van der Waals surface area (Å²) in [5.74, 6) is -0.532. The van der Waals surface area contributed by atoms with Gasteiger partial charge in [0.1, 0.15) is 23.2 Å². The number of carbonyl (C=O) groups excluding carboxylic acids is 1. The van der Waals surface area contributed by atoms with Gasteiger partial charge in [0, 0.05) is 29.6 Å². The van der Waals surface area contributed by atoms with Gasteiger partial charge >= 0.3 is 6.18 Å². The van der Waals surface area contributed by atoms with Gasteiger partial charge in [0.25, 0.3) is 5.91 Å². The Balaban J connectivity index is 1.78. The van der Waals surface area contributed by atoms with Crippen LogP contribution in [0.3, 0.4) is 0 Å². The molecule has 0 aliphatic carbocycles. The fraction of sp³-hybridized carbons (Fsp3) is 0.400. The third kappa shape index (κ3) is 4.33. The van der Waals surface area contributed by atoms with Crippen molar-refractivity contribution in [2.75, 3.05) is 23.9 Å². The second-order valence-corrected chi connectivity index (χ2v) is 9.52. The van der Waals surface area contributed by atoms with E-state index in [1.54, 1.807) is 40.0 Å². The van der Waals surface area contributed by atoms with Gasteiger partial charge in [-0.1, -0.05) is 18.2 Å². The monoisotopic (exact) mass is 522 g/mol. The first-order valence-electron chi connectivity index (χ1n) is 11.4. The molecule has 1 aliphatic heterocycles. The van der Waals surface area contributed by atoms with Crippen LogP contribution in [-0.4, -0.2) is 51.5 Å². The molecule has 4 rings (SSSR count). The number of alkyl halides is 3. The van der Waals surface area contributed by atoms with Crippen LogP contribution in [0.15, 0.2) is 30.3 Å². The fourth-order valence-corrected chi connectivity index (χ4v) is 4.36. The average molecular weight is 522 g/mol. The van der Waals surface area contributed by atoms with E-state index in [9.17, 15) is 28.2 Å². The van der Waals surface area contributed by atoms with Crippen LogP contribution < -0.4 is 15.0 Å². The number of nitrogens with zero attached hydrogens (tertiary/aromatic N) is 3. The Labute approximate surface area is 209 Å². The smallest absolute Gasteiger partial charge is 0.423 e. The molecule has 0 bridgehead atoms. The van der Waals surface area contributed by atoms with Gasteiger partial charge in [-0.15, -0.1) is 0 Å². The van der Waals surface area contributed by atoms with Gasteiger partial charge < -0.3 is 25.2 Å². The second-order valence-electron chi connectivity index (χ2n) is 9.52. The first-order chi connectivity index (χ1) is 17.1. The maximum atomic E-state index is 15.3. The van der Waals surface area contributed by atoms with Gasteiger partial charge in [0.2, 0.25) is 5.60 Å². The van der Waals surface area contributed by atoms with Gasteiger partial charge in [-0.05, 0) is 33.8 Å². The van der Waals surface area contributed by atoms with E-state index in [4.69, 9.17) is 4.74 Å². The molecule has 12 heteroatoms. The Bertz CT molecular complexity index is 1400. The van der Waals surface area contributed by atoms with Gasteiger partial charge in [0.15, 0.2) is 5.60 Å². The van der Waals surface area contributed by atoms with Crippen molar-refractivity contribution < 1.29 is 37.3 Å². The number of benzene rings is 2. The lowest BCUT2D eigenvalue weighted by molar-refractivity contribution is -0.278. The number of aromatic nitrogens is 2. The summed E-state index contributed by atoms with van der Waals surface area (Å²) in [6.45, 7) is 4.71. The van der Waals surface area contributed by atoms with Crippen molar-refractivity contribution in [3.05, 3.63) is 53.1 Å². The Hall–Kier alpha value is -3.51. The molecule has 0 fully saturated rings. The summed E-state index contributed by atoms with van der Waals surface area (Å²) in [6, 6.07) is 5.60. The molecule has 1 aliphatic rings. The maximum absolute atomic E-state index is 15.3. The van der Waals surface area contributed by atoms with Crippen molar-refractivity contribution in [3.63, 3.8) is 0 Å². The van der Waals surface area contributed by atoms with E-state index in [1.807, 2.05) is 0 Å². The molecular formula is C25H26F4N4O4. The summed E-state index contributed by atoms with van der Waals surface area (Å²) < 4.78 is 61.6. The summed E-state index contributed by atoms with van der Waals surface area (Å²) in [6.07, 6.45) is -5.31. The summed E-state index contributed by atoms with van der Waals surface area (Å²) >= 11 is 0. The number of carbonyl (C=O) groups is 1. The van der Waals surface area contributed by atoms with Crippen LogP contribution in [0.25, 0.3) is 10.9 Å². The summed E-state index contributed by atoms with van der Waals surface area (Å²) in [5.41, 5.74) is -5.19. The first-order valence-corrected chi connectivity index (χ1v) is 11.4. The minimum Gasteiger partial charge on any atom is -0.476 e. The molecule has 1 unspecified atom stereocenters. The molecule has 37 heavy (non-hydrogen) atoms. The molecule has 3 aromatic rings. The van der Waals surface area contributed by atoms with Crippen LogP contribution in [0.2, 0.25) is 0 Å². The molecule has 2 atom stereocenters. The quantitative estimate of drug-likeness (QED) is 0.433. The number of ether oxygens (including phenoxy) is 1. The van der Waals surface area contributed by atoms with Crippen molar-refractivity contribution in [1.82, 2.24) is 9.97 Å². The van der Waals surface area contributed by atoms with Crippen LogP contribution in [0.5, 0.6) is 5.75 Å². The lowest BCUT2D eigenvalue weighted by Crippen LogP contribution is -2.50. The Morgan fingerprint density at radius 3 is 2.51 bits per heavy atom. The van der Waals surface area contributed by atoms with E-state index in [0.717, 1.165) is 12.1 Å². The van der Waals surface area contributed by atoms with E-state index < -0.39 is 41.4 Å². The number of halogens is 4. The molecule has 0 spiro atoms. The van der Waals surface area contributed by atoms with Crippen LogP contribution in [0.4, 0.5) is 29.1 Å². The highest BCUT2D eigenvalue weighted by Gasteiger charge is 2.56. The van der Waals surface area contributed by atoms with Crippen molar-refractivity contribution in [2.24, 2.45) is 0 Å². The van der Waals surface area contributed by atoms with Crippen molar-refractivity contribution in [3.8, 4) is 5.75 Å². The van der Waals surface area contributed by atoms with E-state index >= 15 is 4.39 Å². The van der Waals surface area contributed by atoms with Crippen LogP contribution in [-0.2, 0) is 10.4 Å². The number of anilines is 2. The summed E-state index contributed by atoms with van der Waals surface area (Å²) in [7, 11) is 1.60. The second kappa shape index (κ2) is 8.80. The van der Waals surface area contributed by atoms with Crippen molar-refractivity contribution in [1.29, 1.82) is 0 Å². The van der Waals surface area contributed by atoms with Crippen LogP contribution in [0.1, 0.15) is 43.8 Å². The standard InChI is InChI=1S/C25H26F4N4O4/c1-12(14-7-6-8-16(20(14)26)24(36,11-34)25(27,28)29)30-21-15-9-18-19(10-17(15)31-13(2)32-21)37-23(3,4)22(35)33(18)5/h6-10,12,34,36H,11H2,1-5H3,(H,30,31,32)/t12-,24?/m1/s1. The maximum Gasteiger partial charge on any atom is 0.423 e. The van der Waals surface area contributed by atoms with E-state index in [-0.39, 0.29) is 17.3 Å².